The third-order valence-electron chi connectivity index (χ3n) is 5.16. The Morgan fingerprint density at radius 2 is 1.64 bits per heavy atom. The summed E-state index contributed by atoms with van der Waals surface area (Å²) >= 11 is 0. The second kappa shape index (κ2) is 10.9. The van der Waals surface area contributed by atoms with E-state index in [4.69, 9.17) is 9.47 Å². The molecule has 0 aliphatic carbocycles. The van der Waals surface area contributed by atoms with Gasteiger partial charge in [-0.25, -0.2) is 9.78 Å². The number of nitrogens with zero attached hydrogens (tertiary/aromatic N) is 1. The lowest BCUT2D eigenvalue weighted by Gasteiger charge is -2.16. The van der Waals surface area contributed by atoms with Gasteiger partial charge in [0.25, 0.3) is 0 Å². The van der Waals surface area contributed by atoms with Gasteiger partial charge < -0.3 is 20.1 Å². The normalized spacial score (nSPS) is 10.9. The van der Waals surface area contributed by atoms with Gasteiger partial charge >= 0.3 is 5.97 Å². The van der Waals surface area contributed by atoms with Gasteiger partial charge in [-0.05, 0) is 61.7 Å². The number of anilines is 2. The van der Waals surface area contributed by atoms with Crippen molar-refractivity contribution >= 4 is 17.5 Å². The monoisotopic (exact) mass is 447 g/mol. The largest absolute Gasteiger partial charge is 0.496 e. The van der Waals surface area contributed by atoms with Crippen molar-refractivity contribution in [2.24, 2.45) is 5.92 Å². The summed E-state index contributed by atoms with van der Waals surface area (Å²) in [5.41, 5.74) is 4.79. The summed E-state index contributed by atoms with van der Waals surface area (Å²) < 4.78 is 10.8. The van der Waals surface area contributed by atoms with Crippen molar-refractivity contribution in [2.75, 3.05) is 31.4 Å². The van der Waals surface area contributed by atoms with Gasteiger partial charge in [0.2, 0.25) is 0 Å². The minimum Gasteiger partial charge on any atom is -0.496 e. The molecule has 0 amide bonds. The molecule has 1 heterocycles. The first-order valence-corrected chi connectivity index (χ1v) is 11.2. The zero-order chi connectivity index (χ0) is 24.0. The Hall–Kier alpha value is -3.54. The predicted molar refractivity (Wildman–Crippen MR) is 135 cm³/mol. The molecule has 0 aliphatic heterocycles. The number of methoxy groups -OCH3 is 2. The standard InChI is InChI=1S/C27H33N3O3/c1-17(2)15-28-26-12-9-20(16-29-26)22-14-25(32-5)23(13-24(22)27(31)33-6)19-7-10-21(11-8-19)30-18(3)4/h7-14,16-18,30H,15H2,1-6H3,(H,28,29). The number of hydrogen-bond donors (Lipinski definition) is 2. The molecule has 0 saturated heterocycles. The van der Waals surface area contributed by atoms with E-state index in [0.717, 1.165) is 34.7 Å². The Balaban J connectivity index is 2.02. The lowest BCUT2D eigenvalue weighted by molar-refractivity contribution is 0.0601. The fraction of sp³-hybridized carbons (Fsp3) is 0.333. The van der Waals surface area contributed by atoms with E-state index in [1.54, 1.807) is 13.3 Å². The molecule has 0 fully saturated rings. The highest BCUT2D eigenvalue weighted by Gasteiger charge is 2.19. The van der Waals surface area contributed by atoms with Gasteiger partial charge in [0, 0.05) is 41.2 Å². The lowest BCUT2D eigenvalue weighted by atomic mass is 9.94. The van der Waals surface area contributed by atoms with E-state index in [1.165, 1.54) is 7.11 Å². The summed E-state index contributed by atoms with van der Waals surface area (Å²) in [5, 5.41) is 6.69. The number of pyridine rings is 1. The van der Waals surface area contributed by atoms with Crippen LogP contribution >= 0.6 is 0 Å². The molecular formula is C27H33N3O3. The van der Waals surface area contributed by atoms with Gasteiger partial charge in [0.15, 0.2) is 0 Å². The van der Waals surface area contributed by atoms with Crippen LogP contribution in [0.2, 0.25) is 0 Å². The highest BCUT2D eigenvalue weighted by atomic mass is 16.5. The number of carbonyl (C=O) groups is 1. The first-order chi connectivity index (χ1) is 15.8. The predicted octanol–water partition coefficient (Wildman–Crippen LogP) is 6.10. The summed E-state index contributed by atoms with van der Waals surface area (Å²) in [4.78, 5) is 17.2. The van der Waals surface area contributed by atoms with E-state index in [0.29, 0.717) is 28.8 Å². The Labute approximate surface area is 196 Å². The van der Waals surface area contributed by atoms with Crippen molar-refractivity contribution in [1.29, 1.82) is 0 Å². The van der Waals surface area contributed by atoms with Crippen molar-refractivity contribution in [3.8, 4) is 28.0 Å². The van der Waals surface area contributed by atoms with Crippen LogP contribution in [0, 0.1) is 5.92 Å². The summed E-state index contributed by atoms with van der Waals surface area (Å²) in [6.07, 6.45) is 1.76. The van der Waals surface area contributed by atoms with Crippen LogP contribution in [0.25, 0.3) is 22.3 Å². The molecule has 0 bridgehead atoms. The minimum atomic E-state index is -0.408. The minimum absolute atomic E-state index is 0.344. The number of benzene rings is 2. The van der Waals surface area contributed by atoms with Gasteiger partial charge in [-0.3, -0.25) is 0 Å². The third-order valence-corrected chi connectivity index (χ3v) is 5.16. The van der Waals surface area contributed by atoms with Gasteiger partial charge in [-0.15, -0.1) is 0 Å². The highest BCUT2D eigenvalue weighted by molar-refractivity contribution is 6.00. The van der Waals surface area contributed by atoms with Gasteiger partial charge in [0.05, 0.1) is 19.8 Å². The molecule has 1 aromatic heterocycles. The summed E-state index contributed by atoms with van der Waals surface area (Å²) in [6, 6.07) is 16.0. The second-order valence-corrected chi connectivity index (χ2v) is 8.67. The molecule has 0 spiro atoms. The highest BCUT2D eigenvalue weighted by Crippen LogP contribution is 2.38. The maximum Gasteiger partial charge on any atom is 0.338 e. The Kier molecular flexibility index (Phi) is 7.93. The smallest absolute Gasteiger partial charge is 0.338 e. The third kappa shape index (κ3) is 6.04. The second-order valence-electron chi connectivity index (χ2n) is 8.67. The molecule has 0 saturated carbocycles. The number of hydrogen-bond acceptors (Lipinski definition) is 6. The average molecular weight is 448 g/mol. The molecule has 6 nitrogen and oxygen atoms in total. The molecular weight excluding hydrogens is 414 g/mol. The van der Waals surface area contributed by atoms with Crippen molar-refractivity contribution < 1.29 is 14.3 Å². The average Bonchev–Trinajstić information content (AvgIpc) is 2.82. The topological polar surface area (TPSA) is 72.5 Å². The molecule has 6 heteroatoms. The Bertz CT molecular complexity index is 1080. The van der Waals surface area contributed by atoms with Crippen LogP contribution < -0.4 is 15.4 Å². The van der Waals surface area contributed by atoms with Gasteiger partial charge in [0.1, 0.15) is 11.6 Å². The zero-order valence-corrected chi connectivity index (χ0v) is 20.2. The molecule has 0 radical (unpaired) electrons. The zero-order valence-electron chi connectivity index (χ0n) is 20.2. The first kappa shape index (κ1) is 24.1. The molecule has 0 unspecified atom stereocenters. The van der Waals surface area contributed by atoms with Crippen LogP contribution in [0.15, 0.2) is 54.7 Å². The van der Waals surface area contributed by atoms with Crippen LogP contribution in [-0.2, 0) is 4.74 Å². The van der Waals surface area contributed by atoms with E-state index in [9.17, 15) is 4.79 Å². The molecule has 2 aromatic carbocycles. The number of aromatic nitrogens is 1. The maximum absolute atomic E-state index is 12.7. The Morgan fingerprint density at radius 1 is 0.939 bits per heavy atom. The van der Waals surface area contributed by atoms with Crippen LogP contribution in [-0.4, -0.2) is 37.8 Å². The SMILES string of the molecule is COC(=O)c1cc(-c2ccc(NC(C)C)cc2)c(OC)cc1-c1ccc(NCC(C)C)nc1. The van der Waals surface area contributed by atoms with Crippen LogP contribution in [0.4, 0.5) is 11.5 Å². The molecule has 174 valence electrons. The fourth-order valence-electron chi connectivity index (χ4n) is 3.54. The number of esters is 1. The van der Waals surface area contributed by atoms with Crippen molar-refractivity contribution in [3.05, 3.63) is 60.3 Å². The summed E-state index contributed by atoms with van der Waals surface area (Å²) in [7, 11) is 3.02. The maximum atomic E-state index is 12.7. The number of carbonyl (C=O) groups excluding carboxylic acids is 1. The fourth-order valence-corrected chi connectivity index (χ4v) is 3.54. The number of rotatable bonds is 9. The lowest BCUT2D eigenvalue weighted by Crippen LogP contribution is -2.09. The van der Waals surface area contributed by atoms with Gasteiger partial charge in [-0.1, -0.05) is 26.0 Å². The first-order valence-electron chi connectivity index (χ1n) is 11.2. The summed E-state index contributed by atoms with van der Waals surface area (Å²) in [6.45, 7) is 9.33. The quantitative estimate of drug-likeness (QED) is 0.386. The number of nitrogens with one attached hydrogen (secondary N) is 2. The molecule has 33 heavy (non-hydrogen) atoms. The molecule has 3 rings (SSSR count). The molecule has 0 atom stereocenters. The van der Waals surface area contributed by atoms with Crippen molar-refractivity contribution in [2.45, 2.75) is 33.7 Å². The molecule has 0 aliphatic rings. The van der Waals surface area contributed by atoms with Crippen molar-refractivity contribution in [1.82, 2.24) is 4.98 Å². The van der Waals surface area contributed by atoms with Crippen LogP contribution in [0.3, 0.4) is 0 Å². The van der Waals surface area contributed by atoms with Crippen LogP contribution in [0.5, 0.6) is 5.75 Å². The van der Waals surface area contributed by atoms with E-state index in [1.807, 2.05) is 48.5 Å². The van der Waals surface area contributed by atoms with Crippen molar-refractivity contribution in [3.63, 3.8) is 0 Å². The van der Waals surface area contributed by atoms with E-state index in [2.05, 4.69) is 43.3 Å². The molecule has 2 N–H and O–H groups in total. The van der Waals surface area contributed by atoms with E-state index < -0.39 is 5.97 Å². The Morgan fingerprint density at radius 3 is 2.18 bits per heavy atom. The summed E-state index contributed by atoms with van der Waals surface area (Å²) in [5.74, 6) is 1.58. The number of ether oxygens (including phenoxy) is 2. The van der Waals surface area contributed by atoms with Gasteiger partial charge in [-0.2, -0.15) is 0 Å². The van der Waals surface area contributed by atoms with E-state index in [-0.39, 0.29) is 0 Å². The van der Waals surface area contributed by atoms with Crippen LogP contribution in [0.1, 0.15) is 38.1 Å². The molecule has 3 aromatic rings. The van der Waals surface area contributed by atoms with E-state index >= 15 is 0 Å².